The molecule has 0 bridgehead atoms. The molecule has 0 fully saturated rings. The summed E-state index contributed by atoms with van der Waals surface area (Å²) in [7, 11) is 1.56. The number of anilines is 3. The number of aryl methyl sites for hydroxylation is 1. The van der Waals surface area contributed by atoms with Gasteiger partial charge in [-0.1, -0.05) is 17.7 Å². The summed E-state index contributed by atoms with van der Waals surface area (Å²) in [4.78, 5) is 16.6. The van der Waals surface area contributed by atoms with E-state index < -0.39 is 0 Å². The number of nitrogens with zero attached hydrogens (tertiary/aromatic N) is 2. The monoisotopic (exact) mass is 392 g/mol. The maximum Gasteiger partial charge on any atom is 0.274 e. The molecule has 0 aliphatic heterocycles. The van der Waals surface area contributed by atoms with Gasteiger partial charge in [0.1, 0.15) is 11.4 Å². The zero-order valence-corrected chi connectivity index (χ0v) is 16.0. The number of amides is 1. The topological polar surface area (TPSA) is 87.0 Å². The maximum absolute atomic E-state index is 12.5. The number of hydrogen-bond acceptors (Lipinski definition) is 5. The highest BCUT2D eigenvalue weighted by Crippen LogP contribution is 2.33. The third-order valence-corrected chi connectivity index (χ3v) is 4.41. The van der Waals surface area contributed by atoms with E-state index in [9.17, 15) is 4.79 Å². The van der Waals surface area contributed by atoms with Crippen molar-refractivity contribution in [2.24, 2.45) is 0 Å². The Hall–Kier alpha value is -3.56. The van der Waals surface area contributed by atoms with Gasteiger partial charge in [0.15, 0.2) is 0 Å². The van der Waals surface area contributed by atoms with Crippen molar-refractivity contribution in [3.05, 3.63) is 76.6 Å². The van der Waals surface area contributed by atoms with E-state index in [1.165, 1.54) is 6.20 Å². The number of pyridine rings is 1. The molecule has 0 aliphatic carbocycles. The van der Waals surface area contributed by atoms with Crippen molar-refractivity contribution in [2.75, 3.05) is 17.7 Å². The smallest absolute Gasteiger partial charge is 0.274 e. The van der Waals surface area contributed by atoms with E-state index in [4.69, 9.17) is 21.6 Å². The number of rotatable bonds is 5. The lowest BCUT2D eigenvalue weighted by molar-refractivity contribution is 0.102. The number of aromatic nitrogens is 1. The van der Waals surface area contributed by atoms with Crippen LogP contribution in [-0.4, -0.2) is 18.0 Å². The van der Waals surface area contributed by atoms with Gasteiger partial charge in [0.05, 0.1) is 24.4 Å². The Morgan fingerprint density at radius 3 is 2.75 bits per heavy atom. The number of carbonyl (C=O) groups excluding carboxylic acids is 1. The molecule has 6 nitrogen and oxygen atoms in total. The molecule has 0 spiro atoms. The minimum Gasteiger partial charge on any atom is -0.495 e. The summed E-state index contributed by atoms with van der Waals surface area (Å²) in [6.07, 6.45) is 1.54. The highest BCUT2D eigenvalue weighted by molar-refractivity contribution is 6.31. The van der Waals surface area contributed by atoms with Crippen LogP contribution < -0.4 is 15.4 Å². The number of halogens is 1. The number of ether oxygens (including phenoxy) is 1. The molecule has 1 heterocycles. The number of nitrogens with one attached hydrogen (secondary N) is 2. The second kappa shape index (κ2) is 8.42. The molecule has 1 amide bonds. The summed E-state index contributed by atoms with van der Waals surface area (Å²) in [5.74, 6) is 0.213. The first-order chi connectivity index (χ1) is 13.5. The summed E-state index contributed by atoms with van der Waals surface area (Å²) in [6.45, 7) is 1.90. The second-order valence-electron chi connectivity index (χ2n) is 6.00. The summed E-state index contributed by atoms with van der Waals surface area (Å²) >= 11 is 6.14. The van der Waals surface area contributed by atoms with E-state index >= 15 is 0 Å². The molecule has 1 aromatic heterocycles. The van der Waals surface area contributed by atoms with Crippen LogP contribution in [0.15, 0.2) is 54.7 Å². The van der Waals surface area contributed by atoms with Gasteiger partial charge in [-0.3, -0.25) is 9.78 Å². The Bertz CT molecular complexity index is 1080. The molecule has 3 rings (SSSR count). The zero-order valence-electron chi connectivity index (χ0n) is 15.3. The van der Waals surface area contributed by atoms with Gasteiger partial charge in [-0.15, -0.1) is 0 Å². The van der Waals surface area contributed by atoms with Crippen molar-refractivity contribution >= 4 is 34.6 Å². The van der Waals surface area contributed by atoms with Crippen LogP contribution in [-0.2, 0) is 0 Å². The molecule has 0 atom stereocenters. The molecule has 2 N–H and O–H groups in total. The SMILES string of the molecule is COc1cc(Cl)c(C)cc1Nc1ccnc(C(=O)Nc2cccc(C#N)c2)c1. The number of methoxy groups -OCH3 is 1. The average molecular weight is 393 g/mol. The minimum atomic E-state index is -0.377. The van der Waals surface area contributed by atoms with Crippen LogP contribution in [0.2, 0.25) is 5.02 Å². The molecule has 0 unspecified atom stereocenters. The maximum atomic E-state index is 12.5. The third-order valence-electron chi connectivity index (χ3n) is 4.00. The van der Waals surface area contributed by atoms with Crippen molar-refractivity contribution in [1.82, 2.24) is 4.98 Å². The van der Waals surface area contributed by atoms with Gasteiger partial charge in [-0.05, 0) is 48.9 Å². The number of hydrogen-bond donors (Lipinski definition) is 2. The van der Waals surface area contributed by atoms with Crippen LogP contribution in [0, 0.1) is 18.3 Å². The Morgan fingerprint density at radius 2 is 2.00 bits per heavy atom. The molecule has 0 saturated carbocycles. The summed E-state index contributed by atoms with van der Waals surface area (Å²) in [5, 5.41) is 15.5. The van der Waals surface area contributed by atoms with E-state index in [0.717, 1.165) is 11.3 Å². The summed E-state index contributed by atoms with van der Waals surface area (Å²) in [6, 6.07) is 15.7. The molecule has 28 heavy (non-hydrogen) atoms. The Morgan fingerprint density at radius 1 is 1.18 bits per heavy atom. The predicted molar refractivity (Wildman–Crippen MR) is 109 cm³/mol. The van der Waals surface area contributed by atoms with E-state index in [1.807, 2.05) is 19.1 Å². The van der Waals surface area contributed by atoms with Gasteiger partial charge in [0, 0.05) is 28.7 Å². The fourth-order valence-corrected chi connectivity index (χ4v) is 2.73. The molecule has 0 aliphatic rings. The molecule has 0 saturated heterocycles. The predicted octanol–water partition coefficient (Wildman–Crippen LogP) is 4.92. The lowest BCUT2D eigenvalue weighted by atomic mass is 10.2. The standard InChI is InChI=1S/C21H17ClN4O2/c1-13-8-18(20(28-2)11-17(13)22)25-16-6-7-24-19(10-16)21(27)26-15-5-3-4-14(9-15)12-23/h3-11H,1-2H3,(H,24,25)(H,26,27). The Kier molecular flexibility index (Phi) is 5.78. The Balaban J connectivity index is 1.81. The first kappa shape index (κ1) is 19.2. The van der Waals surface area contributed by atoms with Crippen molar-refractivity contribution in [3.8, 4) is 11.8 Å². The quantitative estimate of drug-likeness (QED) is 0.643. The lowest BCUT2D eigenvalue weighted by Crippen LogP contribution is -2.14. The van der Waals surface area contributed by atoms with Crippen LogP contribution >= 0.6 is 11.6 Å². The zero-order chi connectivity index (χ0) is 20.1. The fourth-order valence-electron chi connectivity index (χ4n) is 2.58. The first-order valence-electron chi connectivity index (χ1n) is 8.39. The fraction of sp³-hybridized carbons (Fsp3) is 0.0952. The number of carbonyl (C=O) groups is 1. The van der Waals surface area contributed by atoms with E-state index in [-0.39, 0.29) is 11.6 Å². The van der Waals surface area contributed by atoms with Crippen molar-refractivity contribution < 1.29 is 9.53 Å². The molecule has 3 aromatic rings. The Labute approximate surface area is 167 Å². The van der Waals surface area contributed by atoms with Gasteiger partial charge >= 0.3 is 0 Å². The van der Waals surface area contributed by atoms with Gasteiger partial charge in [-0.2, -0.15) is 5.26 Å². The van der Waals surface area contributed by atoms with Gasteiger partial charge in [0.25, 0.3) is 5.91 Å². The van der Waals surface area contributed by atoms with Gasteiger partial charge in [0.2, 0.25) is 0 Å². The minimum absolute atomic E-state index is 0.233. The van der Waals surface area contributed by atoms with E-state index in [2.05, 4.69) is 15.6 Å². The molecule has 140 valence electrons. The van der Waals surface area contributed by atoms with Crippen molar-refractivity contribution in [1.29, 1.82) is 5.26 Å². The molecular weight excluding hydrogens is 376 g/mol. The molecule has 2 aromatic carbocycles. The van der Waals surface area contributed by atoms with Crippen molar-refractivity contribution in [3.63, 3.8) is 0 Å². The van der Waals surface area contributed by atoms with Crippen LogP contribution in [0.25, 0.3) is 0 Å². The van der Waals surface area contributed by atoms with Crippen LogP contribution in [0.3, 0.4) is 0 Å². The molecule has 7 heteroatoms. The van der Waals surface area contributed by atoms with Crippen molar-refractivity contribution in [2.45, 2.75) is 6.92 Å². The van der Waals surface area contributed by atoms with Gasteiger partial charge < -0.3 is 15.4 Å². The number of benzene rings is 2. The van der Waals surface area contributed by atoms with Crippen LogP contribution in [0.5, 0.6) is 5.75 Å². The van der Waals surface area contributed by atoms with E-state index in [1.54, 1.807) is 49.6 Å². The average Bonchev–Trinajstić information content (AvgIpc) is 2.71. The second-order valence-corrected chi connectivity index (χ2v) is 6.41. The largest absolute Gasteiger partial charge is 0.495 e. The van der Waals surface area contributed by atoms with E-state index in [0.29, 0.717) is 27.7 Å². The van der Waals surface area contributed by atoms with Gasteiger partial charge in [-0.25, -0.2) is 0 Å². The number of nitriles is 1. The highest BCUT2D eigenvalue weighted by atomic mass is 35.5. The normalized spacial score (nSPS) is 10.1. The first-order valence-corrected chi connectivity index (χ1v) is 8.76. The van der Waals surface area contributed by atoms with Crippen LogP contribution in [0.4, 0.5) is 17.1 Å². The van der Waals surface area contributed by atoms with Crippen LogP contribution in [0.1, 0.15) is 21.6 Å². The summed E-state index contributed by atoms with van der Waals surface area (Å²) in [5.41, 5.74) is 3.52. The summed E-state index contributed by atoms with van der Waals surface area (Å²) < 4.78 is 5.36. The molecule has 0 radical (unpaired) electrons. The third kappa shape index (κ3) is 4.40. The lowest BCUT2D eigenvalue weighted by Gasteiger charge is -2.13. The highest BCUT2D eigenvalue weighted by Gasteiger charge is 2.11. The molecular formula is C21H17ClN4O2.